The van der Waals surface area contributed by atoms with E-state index in [0.717, 1.165) is 36.1 Å². The molecule has 1 atom stereocenters. The topological polar surface area (TPSA) is 61.9 Å². The van der Waals surface area contributed by atoms with Crippen molar-refractivity contribution in [3.8, 4) is 17.3 Å². The van der Waals surface area contributed by atoms with Crippen molar-refractivity contribution in [2.24, 2.45) is 0 Å². The van der Waals surface area contributed by atoms with Crippen molar-refractivity contribution in [3.63, 3.8) is 0 Å². The molecule has 0 spiro atoms. The fourth-order valence-electron chi connectivity index (χ4n) is 3.87. The number of rotatable bonds is 6. The number of hydrogen-bond donors (Lipinski definition) is 0. The highest BCUT2D eigenvalue weighted by molar-refractivity contribution is 6.30. The van der Waals surface area contributed by atoms with Crippen LogP contribution in [0.1, 0.15) is 53.8 Å². The molecular formula is C24H23ClN4O. The fourth-order valence-corrected chi connectivity index (χ4v) is 3.99. The van der Waals surface area contributed by atoms with Crippen LogP contribution in [0.5, 0.6) is 0 Å². The lowest BCUT2D eigenvalue weighted by Gasteiger charge is -2.33. The highest BCUT2D eigenvalue weighted by atomic mass is 35.5. The average molecular weight is 419 g/mol. The predicted molar refractivity (Wildman–Crippen MR) is 117 cm³/mol. The molecule has 0 aliphatic carbocycles. The van der Waals surface area contributed by atoms with Crippen LogP contribution in [-0.2, 0) is 6.54 Å². The molecule has 152 valence electrons. The lowest BCUT2D eigenvalue weighted by molar-refractivity contribution is 0.0635. The van der Waals surface area contributed by atoms with E-state index in [2.05, 4.69) is 13.0 Å². The van der Waals surface area contributed by atoms with Crippen LogP contribution < -0.4 is 0 Å². The Balaban J connectivity index is 1.64. The summed E-state index contributed by atoms with van der Waals surface area (Å²) in [5.74, 6) is -0.0141. The Kier molecular flexibility index (Phi) is 5.87. The number of halogens is 1. The van der Waals surface area contributed by atoms with E-state index in [1.54, 1.807) is 12.1 Å². The van der Waals surface area contributed by atoms with Crippen molar-refractivity contribution < 1.29 is 4.79 Å². The van der Waals surface area contributed by atoms with E-state index in [-0.39, 0.29) is 11.9 Å². The van der Waals surface area contributed by atoms with Gasteiger partial charge in [0.05, 0.1) is 23.4 Å². The van der Waals surface area contributed by atoms with Crippen LogP contribution in [0, 0.1) is 11.3 Å². The minimum Gasteiger partial charge on any atom is -0.331 e. The van der Waals surface area contributed by atoms with Gasteiger partial charge in [0.25, 0.3) is 5.91 Å². The smallest absolute Gasteiger partial charge is 0.272 e. The summed E-state index contributed by atoms with van der Waals surface area (Å²) >= 11 is 6.01. The van der Waals surface area contributed by atoms with Gasteiger partial charge in [-0.1, -0.05) is 55.6 Å². The van der Waals surface area contributed by atoms with Crippen molar-refractivity contribution >= 4 is 17.5 Å². The zero-order valence-corrected chi connectivity index (χ0v) is 17.6. The third-order valence-electron chi connectivity index (χ3n) is 5.51. The van der Waals surface area contributed by atoms with Gasteiger partial charge in [0.15, 0.2) is 0 Å². The lowest BCUT2D eigenvalue weighted by atomic mass is 10.0. The number of nitrogens with zero attached hydrogens (tertiary/aromatic N) is 4. The number of unbranched alkanes of at least 4 members (excludes halogenated alkanes) is 1. The molecular weight excluding hydrogens is 396 g/mol. The minimum absolute atomic E-state index is 0.0141. The van der Waals surface area contributed by atoms with Gasteiger partial charge in [-0.05, 0) is 42.3 Å². The van der Waals surface area contributed by atoms with Crippen LogP contribution >= 0.6 is 11.6 Å². The van der Waals surface area contributed by atoms with Crippen molar-refractivity contribution in [2.75, 3.05) is 6.54 Å². The fraction of sp³-hybridized carbons (Fsp3) is 0.292. The van der Waals surface area contributed by atoms with E-state index in [1.165, 1.54) is 0 Å². The first-order chi connectivity index (χ1) is 14.6. The molecule has 0 fully saturated rings. The number of carbonyl (C=O) groups excluding carboxylic acids is 1. The summed E-state index contributed by atoms with van der Waals surface area (Å²) in [6.45, 7) is 3.33. The van der Waals surface area contributed by atoms with Crippen molar-refractivity contribution in [1.82, 2.24) is 14.7 Å². The number of fused-ring (bicyclic) bond motifs is 1. The maximum absolute atomic E-state index is 13.3. The molecule has 1 amide bonds. The number of nitriles is 1. The molecule has 0 saturated carbocycles. The minimum atomic E-state index is -0.0141. The maximum atomic E-state index is 13.3. The van der Waals surface area contributed by atoms with Crippen LogP contribution in [0.15, 0.2) is 54.6 Å². The summed E-state index contributed by atoms with van der Waals surface area (Å²) in [6.07, 6.45) is 3.16. The standard InChI is InChI=1S/C24H23ClN4O/c1-2-3-4-21-16-28(15-18-7-5-17(14-26)6-8-18)24(30)23-13-22(27-29(21)23)19-9-11-20(25)12-10-19/h5-13,21H,2-4,15-16H2,1H3. The second-order valence-electron chi connectivity index (χ2n) is 7.66. The molecule has 2 heterocycles. The van der Waals surface area contributed by atoms with Crippen molar-refractivity contribution in [1.29, 1.82) is 5.26 Å². The molecule has 1 unspecified atom stereocenters. The average Bonchev–Trinajstić information content (AvgIpc) is 3.22. The summed E-state index contributed by atoms with van der Waals surface area (Å²) in [6, 6.07) is 19.1. The van der Waals surface area contributed by atoms with E-state index >= 15 is 0 Å². The van der Waals surface area contributed by atoms with Gasteiger partial charge in [0.1, 0.15) is 5.69 Å². The summed E-state index contributed by atoms with van der Waals surface area (Å²) in [5, 5.41) is 14.5. The molecule has 0 saturated heterocycles. The van der Waals surface area contributed by atoms with Crippen LogP contribution in [0.3, 0.4) is 0 Å². The van der Waals surface area contributed by atoms with Gasteiger partial charge in [-0.3, -0.25) is 9.48 Å². The van der Waals surface area contributed by atoms with Crippen LogP contribution in [0.2, 0.25) is 5.02 Å². The molecule has 0 radical (unpaired) electrons. The molecule has 2 aromatic carbocycles. The van der Waals surface area contributed by atoms with Gasteiger partial charge in [-0.15, -0.1) is 0 Å². The van der Waals surface area contributed by atoms with Gasteiger partial charge >= 0.3 is 0 Å². The molecule has 6 heteroatoms. The monoisotopic (exact) mass is 418 g/mol. The van der Waals surface area contributed by atoms with Crippen LogP contribution in [-0.4, -0.2) is 27.1 Å². The van der Waals surface area contributed by atoms with Crippen molar-refractivity contribution in [3.05, 3.63) is 76.4 Å². The molecule has 0 N–H and O–H groups in total. The lowest BCUT2D eigenvalue weighted by Crippen LogP contribution is -2.42. The zero-order valence-electron chi connectivity index (χ0n) is 16.9. The Bertz CT molecular complexity index is 1080. The molecule has 1 aliphatic rings. The summed E-state index contributed by atoms with van der Waals surface area (Å²) in [5.41, 5.74) is 4.00. The third-order valence-corrected chi connectivity index (χ3v) is 5.76. The number of benzene rings is 2. The molecule has 30 heavy (non-hydrogen) atoms. The van der Waals surface area contributed by atoms with Gasteiger partial charge in [-0.25, -0.2) is 0 Å². The van der Waals surface area contributed by atoms with E-state index in [0.29, 0.717) is 29.4 Å². The normalized spacial score (nSPS) is 15.7. The third kappa shape index (κ3) is 4.10. The van der Waals surface area contributed by atoms with Gasteiger partial charge in [0.2, 0.25) is 0 Å². The zero-order chi connectivity index (χ0) is 21.1. The Morgan fingerprint density at radius 3 is 2.57 bits per heavy atom. The summed E-state index contributed by atoms with van der Waals surface area (Å²) in [7, 11) is 0. The number of hydrogen-bond acceptors (Lipinski definition) is 3. The predicted octanol–water partition coefficient (Wildman–Crippen LogP) is 5.46. The quantitative estimate of drug-likeness (QED) is 0.533. The summed E-state index contributed by atoms with van der Waals surface area (Å²) in [4.78, 5) is 15.1. The molecule has 1 aliphatic heterocycles. The van der Waals surface area contributed by atoms with Crippen LogP contribution in [0.4, 0.5) is 0 Å². The first-order valence-electron chi connectivity index (χ1n) is 10.2. The van der Waals surface area contributed by atoms with E-state index in [1.807, 2.05) is 52.0 Å². The molecule has 4 rings (SSSR count). The Morgan fingerprint density at radius 2 is 1.90 bits per heavy atom. The highest BCUT2D eigenvalue weighted by Gasteiger charge is 2.32. The van der Waals surface area contributed by atoms with E-state index in [9.17, 15) is 4.79 Å². The Morgan fingerprint density at radius 1 is 1.17 bits per heavy atom. The number of amides is 1. The van der Waals surface area contributed by atoms with Crippen molar-refractivity contribution in [2.45, 2.75) is 38.8 Å². The molecule has 5 nitrogen and oxygen atoms in total. The largest absolute Gasteiger partial charge is 0.331 e. The van der Waals surface area contributed by atoms with E-state index in [4.69, 9.17) is 22.0 Å². The first kappa shape index (κ1) is 20.2. The SMILES string of the molecule is CCCCC1CN(Cc2ccc(C#N)cc2)C(=O)c2cc(-c3ccc(Cl)cc3)nn21. The second-order valence-corrected chi connectivity index (χ2v) is 8.09. The summed E-state index contributed by atoms with van der Waals surface area (Å²) < 4.78 is 1.91. The molecule has 0 bridgehead atoms. The number of carbonyl (C=O) groups is 1. The number of aromatic nitrogens is 2. The van der Waals surface area contributed by atoms with Gasteiger partial charge in [-0.2, -0.15) is 10.4 Å². The maximum Gasteiger partial charge on any atom is 0.272 e. The molecule has 1 aromatic heterocycles. The molecule has 3 aromatic rings. The Hall–Kier alpha value is -3.10. The highest BCUT2D eigenvalue weighted by Crippen LogP contribution is 2.30. The Labute approximate surface area is 181 Å². The van der Waals surface area contributed by atoms with Gasteiger partial charge < -0.3 is 4.90 Å². The van der Waals surface area contributed by atoms with Gasteiger partial charge in [0, 0.05) is 23.7 Å². The second kappa shape index (κ2) is 8.73. The van der Waals surface area contributed by atoms with E-state index < -0.39 is 0 Å². The first-order valence-corrected chi connectivity index (χ1v) is 10.6. The van der Waals surface area contributed by atoms with Crippen LogP contribution in [0.25, 0.3) is 11.3 Å².